The molecule has 6 nitrogen and oxygen atoms in total. The Morgan fingerprint density at radius 1 is 1.36 bits per heavy atom. The Bertz CT molecular complexity index is 692. The number of carbonyl (C=O) groups excluding carboxylic acids is 1. The highest BCUT2D eigenvalue weighted by Gasteiger charge is 2.35. The second kappa shape index (κ2) is 8.16. The average Bonchev–Trinajstić information content (AvgIpc) is 3.16. The minimum atomic E-state index is -3.43. The lowest BCUT2D eigenvalue weighted by Gasteiger charge is -2.23. The number of thiophene rings is 1. The molecule has 1 saturated heterocycles. The third-order valence-electron chi connectivity index (χ3n) is 4.30. The van der Waals surface area contributed by atoms with Gasteiger partial charge < -0.3 is 10.6 Å². The van der Waals surface area contributed by atoms with E-state index in [1.54, 1.807) is 10.4 Å². The Kier molecular flexibility index (Phi) is 6.64. The molecule has 2 heterocycles. The van der Waals surface area contributed by atoms with E-state index in [9.17, 15) is 13.2 Å². The fraction of sp³-hybridized carbons (Fsp3) is 0.706. The SMILES string of the molecule is CNCC1CCCN1S(=O)(=O)c1ccc(CCNC(=O)C(C)(C)C)s1. The van der Waals surface area contributed by atoms with Gasteiger partial charge in [0.2, 0.25) is 5.91 Å². The molecule has 1 aliphatic rings. The summed E-state index contributed by atoms with van der Waals surface area (Å²) in [6.45, 7) is 7.39. The van der Waals surface area contributed by atoms with Crippen LogP contribution < -0.4 is 10.6 Å². The zero-order chi connectivity index (χ0) is 18.7. The van der Waals surface area contributed by atoms with Gasteiger partial charge in [-0.15, -0.1) is 11.3 Å². The molecule has 2 N–H and O–H groups in total. The highest BCUT2D eigenvalue weighted by Crippen LogP contribution is 2.30. The van der Waals surface area contributed by atoms with Crippen LogP contribution in [-0.2, 0) is 21.2 Å². The van der Waals surface area contributed by atoms with Crippen molar-refractivity contribution in [2.45, 2.75) is 50.3 Å². The van der Waals surface area contributed by atoms with Crippen molar-refractivity contribution in [3.63, 3.8) is 0 Å². The first-order valence-corrected chi connectivity index (χ1v) is 11.0. The summed E-state index contributed by atoms with van der Waals surface area (Å²) in [6, 6.07) is 3.58. The second-order valence-electron chi connectivity index (χ2n) is 7.45. The van der Waals surface area contributed by atoms with E-state index < -0.39 is 15.4 Å². The maximum atomic E-state index is 12.9. The highest BCUT2D eigenvalue weighted by atomic mass is 32.2. The minimum absolute atomic E-state index is 0.00359. The molecule has 142 valence electrons. The molecule has 0 spiro atoms. The normalized spacial score (nSPS) is 19.3. The monoisotopic (exact) mass is 387 g/mol. The van der Waals surface area contributed by atoms with Gasteiger partial charge in [0.05, 0.1) is 0 Å². The summed E-state index contributed by atoms with van der Waals surface area (Å²) in [5.41, 5.74) is -0.415. The Labute approximate surface area is 155 Å². The van der Waals surface area contributed by atoms with Crippen LogP contribution >= 0.6 is 11.3 Å². The molecular weight excluding hydrogens is 358 g/mol. The molecule has 1 atom stereocenters. The summed E-state index contributed by atoms with van der Waals surface area (Å²) in [5, 5.41) is 5.97. The Morgan fingerprint density at radius 2 is 2.08 bits per heavy atom. The van der Waals surface area contributed by atoms with Gasteiger partial charge in [-0.3, -0.25) is 4.79 Å². The fourth-order valence-corrected chi connectivity index (χ4v) is 6.05. The lowest BCUT2D eigenvalue weighted by Crippen LogP contribution is -2.40. The predicted molar refractivity (Wildman–Crippen MR) is 101 cm³/mol. The summed E-state index contributed by atoms with van der Waals surface area (Å²) in [7, 11) is -1.58. The molecule has 0 aromatic carbocycles. The molecule has 0 radical (unpaired) electrons. The van der Waals surface area contributed by atoms with Gasteiger partial charge in [0.15, 0.2) is 0 Å². The van der Waals surface area contributed by atoms with Crippen molar-refractivity contribution >= 4 is 27.3 Å². The summed E-state index contributed by atoms with van der Waals surface area (Å²) in [6.07, 6.45) is 2.45. The van der Waals surface area contributed by atoms with E-state index in [4.69, 9.17) is 0 Å². The van der Waals surface area contributed by atoms with E-state index in [1.807, 2.05) is 33.9 Å². The van der Waals surface area contributed by atoms with E-state index in [1.165, 1.54) is 11.3 Å². The molecule has 1 amide bonds. The number of likely N-dealkylation sites (N-methyl/N-ethyl adjacent to an activating group) is 1. The van der Waals surface area contributed by atoms with Crippen molar-refractivity contribution in [2.24, 2.45) is 5.41 Å². The molecule has 1 aromatic rings. The minimum Gasteiger partial charge on any atom is -0.355 e. The smallest absolute Gasteiger partial charge is 0.252 e. The van der Waals surface area contributed by atoms with Crippen LogP contribution in [0.5, 0.6) is 0 Å². The molecule has 1 unspecified atom stereocenters. The van der Waals surface area contributed by atoms with Crippen LogP contribution in [0.4, 0.5) is 0 Å². The first-order chi connectivity index (χ1) is 11.7. The third kappa shape index (κ3) is 5.03. The van der Waals surface area contributed by atoms with Gasteiger partial charge in [0, 0.05) is 36.0 Å². The first kappa shape index (κ1) is 20.4. The predicted octanol–water partition coefficient (Wildman–Crippen LogP) is 1.83. The molecule has 1 aromatic heterocycles. The van der Waals surface area contributed by atoms with Crippen molar-refractivity contribution in [3.05, 3.63) is 17.0 Å². The number of rotatable bonds is 7. The Hall–Kier alpha value is -0.960. The molecule has 0 saturated carbocycles. The van der Waals surface area contributed by atoms with Gasteiger partial charge in [-0.1, -0.05) is 20.8 Å². The van der Waals surface area contributed by atoms with E-state index in [2.05, 4.69) is 10.6 Å². The van der Waals surface area contributed by atoms with Crippen LogP contribution in [0.15, 0.2) is 16.3 Å². The van der Waals surface area contributed by atoms with Gasteiger partial charge in [-0.25, -0.2) is 8.42 Å². The van der Waals surface area contributed by atoms with Gasteiger partial charge in [-0.05, 0) is 38.4 Å². The number of amides is 1. The Balaban J connectivity index is 1.99. The van der Waals surface area contributed by atoms with Crippen LogP contribution in [0.25, 0.3) is 0 Å². The molecule has 1 fully saturated rings. The van der Waals surface area contributed by atoms with Gasteiger partial charge in [0.25, 0.3) is 10.0 Å². The van der Waals surface area contributed by atoms with Crippen LogP contribution in [0, 0.1) is 5.41 Å². The zero-order valence-electron chi connectivity index (χ0n) is 15.5. The molecule has 1 aliphatic heterocycles. The van der Waals surface area contributed by atoms with Crippen LogP contribution in [0.1, 0.15) is 38.5 Å². The van der Waals surface area contributed by atoms with Crippen molar-refractivity contribution in [1.29, 1.82) is 0 Å². The quantitative estimate of drug-likeness (QED) is 0.748. The topological polar surface area (TPSA) is 78.5 Å². The van der Waals surface area contributed by atoms with Crippen molar-refractivity contribution in [1.82, 2.24) is 14.9 Å². The average molecular weight is 388 g/mol. The zero-order valence-corrected chi connectivity index (χ0v) is 17.1. The molecule has 2 rings (SSSR count). The van der Waals surface area contributed by atoms with Gasteiger partial charge in [0.1, 0.15) is 4.21 Å². The summed E-state index contributed by atoms with van der Waals surface area (Å²) in [5.74, 6) is 0.00359. The van der Waals surface area contributed by atoms with Crippen molar-refractivity contribution < 1.29 is 13.2 Å². The number of carbonyl (C=O) groups is 1. The lowest BCUT2D eigenvalue weighted by molar-refractivity contribution is -0.128. The number of nitrogens with one attached hydrogen (secondary N) is 2. The van der Waals surface area contributed by atoms with Crippen molar-refractivity contribution in [3.8, 4) is 0 Å². The summed E-state index contributed by atoms with van der Waals surface area (Å²) >= 11 is 1.30. The van der Waals surface area contributed by atoms with E-state index in [0.717, 1.165) is 17.7 Å². The fourth-order valence-electron chi connectivity index (χ4n) is 2.88. The van der Waals surface area contributed by atoms with Gasteiger partial charge in [-0.2, -0.15) is 4.31 Å². The lowest BCUT2D eigenvalue weighted by atomic mass is 9.96. The summed E-state index contributed by atoms with van der Waals surface area (Å²) in [4.78, 5) is 12.8. The second-order valence-corrected chi connectivity index (χ2v) is 10.7. The molecule has 0 bridgehead atoms. The molecule has 25 heavy (non-hydrogen) atoms. The van der Waals surface area contributed by atoms with E-state index >= 15 is 0 Å². The van der Waals surface area contributed by atoms with Crippen LogP contribution in [0.3, 0.4) is 0 Å². The van der Waals surface area contributed by atoms with Crippen LogP contribution in [-0.4, -0.2) is 51.4 Å². The van der Waals surface area contributed by atoms with E-state index in [0.29, 0.717) is 30.3 Å². The van der Waals surface area contributed by atoms with E-state index in [-0.39, 0.29) is 11.9 Å². The maximum absolute atomic E-state index is 12.9. The summed E-state index contributed by atoms with van der Waals surface area (Å²) < 4.78 is 27.8. The molecular formula is C17H29N3O3S2. The van der Waals surface area contributed by atoms with Gasteiger partial charge >= 0.3 is 0 Å². The molecule has 0 aliphatic carbocycles. The Morgan fingerprint density at radius 3 is 2.72 bits per heavy atom. The standard InChI is InChI=1S/C17H29N3O3S2/c1-17(2,3)16(21)19-10-9-14-7-8-15(24-14)25(22,23)20-11-5-6-13(20)12-18-4/h7-8,13,18H,5-6,9-12H2,1-4H3,(H,19,21). The number of hydrogen-bond donors (Lipinski definition) is 2. The number of hydrogen-bond acceptors (Lipinski definition) is 5. The largest absolute Gasteiger partial charge is 0.355 e. The first-order valence-electron chi connectivity index (χ1n) is 8.69. The number of sulfonamides is 1. The van der Waals surface area contributed by atoms with Crippen molar-refractivity contribution in [2.75, 3.05) is 26.7 Å². The maximum Gasteiger partial charge on any atom is 0.252 e. The van der Waals surface area contributed by atoms with Crippen LogP contribution in [0.2, 0.25) is 0 Å². The number of nitrogens with zero attached hydrogens (tertiary/aromatic N) is 1. The highest BCUT2D eigenvalue weighted by molar-refractivity contribution is 7.91. The third-order valence-corrected chi connectivity index (χ3v) is 7.87. The molecule has 8 heteroatoms.